The van der Waals surface area contributed by atoms with Gasteiger partial charge in [0.2, 0.25) is 11.7 Å². The second-order valence-electron chi connectivity index (χ2n) is 8.15. The van der Waals surface area contributed by atoms with Crippen molar-refractivity contribution in [2.45, 2.75) is 13.5 Å². The summed E-state index contributed by atoms with van der Waals surface area (Å²) in [5.41, 5.74) is 3.72. The van der Waals surface area contributed by atoms with Gasteiger partial charge in [-0.1, -0.05) is 35.0 Å². The first kappa shape index (κ1) is 20.9. The topological polar surface area (TPSA) is 67.4 Å². The highest BCUT2D eigenvalue weighted by atomic mass is 19.1. The zero-order valence-electron chi connectivity index (χ0n) is 18.3. The summed E-state index contributed by atoms with van der Waals surface area (Å²) in [4.78, 5) is 21.5. The Balaban J connectivity index is 1.23. The summed E-state index contributed by atoms with van der Waals surface area (Å²) < 4.78 is 20.5. The number of carbonyl (C=O) groups excluding carboxylic acids is 1. The van der Waals surface area contributed by atoms with E-state index in [0.29, 0.717) is 43.6 Å². The minimum atomic E-state index is -0.248. The van der Waals surface area contributed by atoms with Crippen molar-refractivity contribution in [2.24, 2.45) is 0 Å². The molecule has 0 unspecified atom stereocenters. The van der Waals surface area contributed by atoms with Crippen molar-refractivity contribution in [3.05, 3.63) is 78.2 Å². The van der Waals surface area contributed by atoms with Gasteiger partial charge < -0.3 is 18.9 Å². The molecule has 0 saturated carbocycles. The monoisotopic (exact) mass is 445 g/mol. The molecule has 7 nitrogen and oxygen atoms in total. The third kappa shape index (κ3) is 4.50. The molecule has 1 aliphatic heterocycles. The second kappa shape index (κ2) is 8.90. The Bertz CT molecular complexity index is 1240. The van der Waals surface area contributed by atoms with Crippen LogP contribution in [0.15, 0.2) is 71.4 Å². The highest BCUT2D eigenvalue weighted by molar-refractivity contribution is 5.77. The lowest BCUT2D eigenvalue weighted by Crippen LogP contribution is -2.49. The molecule has 2 aromatic heterocycles. The molecule has 0 atom stereocenters. The van der Waals surface area contributed by atoms with Crippen molar-refractivity contribution in [3.8, 4) is 23.0 Å². The Labute approximate surface area is 191 Å². The number of hydrogen-bond donors (Lipinski definition) is 0. The van der Waals surface area contributed by atoms with Gasteiger partial charge in [-0.25, -0.2) is 4.39 Å². The number of aryl methyl sites for hydroxylation is 1. The first-order valence-electron chi connectivity index (χ1n) is 10.9. The maximum atomic E-state index is 13.2. The number of nitrogens with zero attached hydrogens (tertiary/aromatic N) is 5. The Morgan fingerprint density at radius 3 is 2.45 bits per heavy atom. The molecule has 0 N–H and O–H groups in total. The number of amides is 1. The Kier molecular flexibility index (Phi) is 5.64. The number of hydrogen-bond acceptors (Lipinski definition) is 5. The molecule has 4 aromatic rings. The van der Waals surface area contributed by atoms with E-state index < -0.39 is 0 Å². The van der Waals surface area contributed by atoms with Gasteiger partial charge in [0.15, 0.2) is 0 Å². The minimum absolute atomic E-state index is 0.0319. The fraction of sp³-hybridized carbons (Fsp3) is 0.240. The van der Waals surface area contributed by atoms with E-state index in [1.165, 1.54) is 12.1 Å². The second-order valence-corrected chi connectivity index (χ2v) is 8.15. The molecule has 1 fully saturated rings. The van der Waals surface area contributed by atoms with E-state index in [0.717, 1.165) is 16.8 Å². The molecule has 1 saturated heterocycles. The van der Waals surface area contributed by atoms with Gasteiger partial charge in [-0.2, -0.15) is 4.98 Å². The molecule has 0 bridgehead atoms. The predicted octanol–water partition coefficient (Wildman–Crippen LogP) is 4.00. The van der Waals surface area contributed by atoms with Crippen LogP contribution in [-0.4, -0.2) is 51.7 Å². The maximum Gasteiger partial charge on any atom is 0.274 e. The van der Waals surface area contributed by atoms with Crippen LogP contribution in [0, 0.1) is 12.7 Å². The van der Waals surface area contributed by atoms with Crippen LogP contribution in [0.4, 0.5) is 10.1 Å². The normalized spacial score (nSPS) is 14.0. The summed E-state index contributed by atoms with van der Waals surface area (Å²) in [6, 6.07) is 18.1. The average Bonchev–Trinajstić information content (AvgIpc) is 3.50. The van der Waals surface area contributed by atoms with Gasteiger partial charge in [-0.3, -0.25) is 4.79 Å². The standard InChI is InChI=1S/C25H24FN5O2/c1-18-4-6-19(7-5-18)24-27-25(33-28-24)22-3-2-12-31(22)17-23(32)30-15-13-29(14-16-30)21-10-8-20(26)9-11-21/h2-12H,13-17H2,1H3. The molecular formula is C25H24FN5O2. The van der Waals surface area contributed by atoms with Crippen LogP contribution in [0.25, 0.3) is 23.0 Å². The average molecular weight is 445 g/mol. The summed E-state index contributed by atoms with van der Waals surface area (Å²) in [7, 11) is 0. The van der Waals surface area contributed by atoms with Gasteiger partial charge in [-0.05, 0) is 43.3 Å². The SMILES string of the molecule is Cc1ccc(-c2noc(-c3cccn3CC(=O)N3CCN(c4ccc(F)cc4)CC3)n2)cc1. The molecule has 3 heterocycles. The van der Waals surface area contributed by atoms with E-state index in [2.05, 4.69) is 15.0 Å². The maximum absolute atomic E-state index is 13.2. The highest BCUT2D eigenvalue weighted by Gasteiger charge is 2.23. The minimum Gasteiger partial charge on any atom is -0.368 e. The van der Waals surface area contributed by atoms with Crippen LogP contribution >= 0.6 is 0 Å². The lowest BCUT2D eigenvalue weighted by Gasteiger charge is -2.36. The van der Waals surface area contributed by atoms with E-state index in [9.17, 15) is 9.18 Å². The van der Waals surface area contributed by atoms with Crippen molar-refractivity contribution in [1.82, 2.24) is 19.6 Å². The number of aromatic nitrogens is 3. The van der Waals surface area contributed by atoms with E-state index in [4.69, 9.17) is 4.52 Å². The molecule has 5 rings (SSSR count). The molecule has 0 radical (unpaired) electrons. The molecule has 1 amide bonds. The van der Waals surface area contributed by atoms with Gasteiger partial charge in [-0.15, -0.1) is 0 Å². The molecule has 33 heavy (non-hydrogen) atoms. The predicted molar refractivity (Wildman–Crippen MR) is 123 cm³/mol. The van der Waals surface area contributed by atoms with Gasteiger partial charge in [0.25, 0.3) is 5.89 Å². The molecule has 1 aliphatic rings. The van der Waals surface area contributed by atoms with E-state index in [-0.39, 0.29) is 18.3 Å². The number of rotatable bonds is 5. The number of halogens is 1. The number of piperazine rings is 1. The first-order chi connectivity index (χ1) is 16.1. The van der Waals surface area contributed by atoms with Crippen molar-refractivity contribution in [2.75, 3.05) is 31.1 Å². The molecule has 0 aliphatic carbocycles. The fourth-order valence-corrected chi connectivity index (χ4v) is 4.01. The fourth-order valence-electron chi connectivity index (χ4n) is 4.01. The van der Waals surface area contributed by atoms with Crippen LogP contribution < -0.4 is 4.90 Å². The van der Waals surface area contributed by atoms with Crippen LogP contribution in [-0.2, 0) is 11.3 Å². The summed E-state index contributed by atoms with van der Waals surface area (Å²) >= 11 is 0. The van der Waals surface area contributed by atoms with E-state index in [1.807, 2.05) is 59.0 Å². The Morgan fingerprint density at radius 1 is 1.00 bits per heavy atom. The summed E-state index contributed by atoms with van der Waals surface area (Å²) in [5, 5.41) is 4.10. The van der Waals surface area contributed by atoms with Crippen LogP contribution in [0.2, 0.25) is 0 Å². The highest BCUT2D eigenvalue weighted by Crippen LogP contribution is 2.23. The van der Waals surface area contributed by atoms with Crippen LogP contribution in [0.1, 0.15) is 5.56 Å². The number of anilines is 1. The number of benzene rings is 2. The zero-order chi connectivity index (χ0) is 22.8. The zero-order valence-corrected chi connectivity index (χ0v) is 18.3. The third-order valence-electron chi connectivity index (χ3n) is 5.91. The van der Waals surface area contributed by atoms with Gasteiger partial charge in [0.1, 0.15) is 18.1 Å². The molecule has 8 heteroatoms. The van der Waals surface area contributed by atoms with Crippen LogP contribution in [0.5, 0.6) is 0 Å². The van der Waals surface area contributed by atoms with Gasteiger partial charge >= 0.3 is 0 Å². The smallest absolute Gasteiger partial charge is 0.274 e. The van der Waals surface area contributed by atoms with Crippen molar-refractivity contribution in [3.63, 3.8) is 0 Å². The summed E-state index contributed by atoms with van der Waals surface area (Å²) in [6.07, 6.45) is 1.84. The Morgan fingerprint density at radius 2 is 1.73 bits per heavy atom. The molecule has 2 aromatic carbocycles. The van der Waals surface area contributed by atoms with Crippen molar-refractivity contribution < 1.29 is 13.7 Å². The number of carbonyl (C=O) groups is 1. The summed E-state index contributed by atoms with van der Waals surface area (Å²) in [6.45, 7) is 4.87. The van der Waals surface area contributed by atoms with Gasteiger partial charge in [0, 0.05) is 43.6 Å². The molecule has 0 spiro atoms. The van der Waals surface area contributed by atoms with E-state index in [1.54, 1.807) is 12.1 Å². The largest absolute Gasteiger partial charge is 0.368 e. The molecule has 168 valence electrons. The quantitative estimate of drug-likeness (QED) is 0.465. The lowest BCUT2D eigenvalue weighted by atomic mass is 10.1. The van der Waals surface area contributed by atoms with Crippen molar-refractivity contribution in [1.29, 1.82) is 0 Å². The van der Waals surface area contributed by atoms with Crippen LogP contribution in [0.3, 0.4) is 0 Å². The molecular weight excluding hydrogens is 421 g/mol. The first-order valence-corrected chi connectivity index (χ1v) is 10.9. The lowest BCUT2D eigenvalue weighted by molar-refractivity contribution is -0.132. The third-order valence-corrected chi connectivity index (χ3v) is 5.91. The van der Waals surface area contributed by atoms with Gasteiger partial charge in [0.05, 0.1) is 0 Å². The van der Waals surface area contributed by atoms with Crippen molar-refractivity contribution >= 4 is 11.6 Å². The van der Waals surface area contributed by atoms with E-state index >= 15 is 0 Å². The Hall–Kier alpha value is -3.94. The summed E-state index contributed by atoms with van der Waals surface area (Å²) in [5.74, 6) is 0.678.